The van der Waals surface area contributed by atoms with Crippen molar-refractivity contribution < 1.29 is 9.18 Å². The molecule has 2 fully saturated rings. The molecule has 2 aliphatic carbocycles. The van der Waals surface area contributed by atoms with Crippen molar-refractivity contribution in [2.75, 3.05) is 13.6 Å². The van der Waals surface area contributed by atoms with Gasteiger partial charge in [0.2, 0.25) is 5.91 Å². The largest absolute Gasteiger partial charge is 0.356 e. The summed E-state index contributed by atoms with van der Waals surface area (Å²) in [7, 11) is 1.77. The molecule has 0 aromatic heterocycles. The van der Waals surface area contributed by atoms with Gasteiger partial charge in [-0.1, -0.05) is 18.6 Å². The summed E-state index contributed by atoms with van der Waals surface area (Å²) < 4.78 is 13.2. The molecule has 3 rings (SSSR count). The third-order valence-electron chi connectivity index (χ3n) is 5.36. The average Bonchev–Trinajstić information content (AvgIpc) is 3.48. The fourth-order valence-corrected chi connectivity index (χ4v) is 3.69. The van der Waals surface area contributed by atoms with Crippen molar-refractivity contribution in [3.05, 3.63) is 35.6 Å². The van der Waals surface area contributed by atoms with Gasteiger partial charge < -0.3 is 16.0 Å². The van der Waals surface area contributed by atoms with Gasteiger partial charge in [-0.3, -0.25) is 9.79 Å². The van der Waals surface area contributed by atoms with Crippen LogP contribution in [0.1, 0.15) is 50.5 Å². The lowest BCUT2D eigenvalue weighted by molar-refractivity contribution is -0.126. The third-order valence-corrected chi connectivity index (χ3v) is 5.36. The van der Waals surface area contributed by atoms with E-state index in [1.165, 1.54) is 6.07 Å². The number of carbonyl (C=O) groups is 1. The van der Waals surface area contributed by atoms with Crippen LogP contribution >= 0.6 is 0 Å². The summed E-state index contributed by atoms with van der Waals surface area (Å²) in [6.45, 7) is 0.772. The lowest BCUT2D eigenvalue weighted by Gasteiger charge is -2.30. The minimum atomic E-state index is -0.185. The van der Waals surface area contributed by atoms with Crippen LogP contribution in [0.15, 0.2) is 29.3 Å². The first-order valence-corrected chi connectivity index (χ1v) is 10.2. The maximum Gasteiger partial charge on any atom is 0.223 e. The second kappa shape index (κ2) is 9.72. The second-order valence-corrected chi connectivity index (χ2v) is 7.72. The van der Waals surface area contributed by atoms with Gasteiger partial charge in [0.25, 0.3) is 0 Å². The summed E-state index contributed by atoms with van der Waals surface area (Å²) in [5.74, 6) is 0.933. The van der Waals surface area contributed by atoms with Gasteiger partial charge in [0, 0.05) is 31.6 Å². The standard InChI is InChI=1S/C21H31FN4O/c1-23-21(24-12-4-6-15-5-2-8-17(22)13-15)26-19-9-3-7-16(14-19)20(27)25-18-10-11-18/h2,5,8,13,16,18-19H,3-4,6-7,9-12,14H2,1H3,(H,25,27)(H2,23,24,26). The molecule has 0 spiro atoms. The summed E-state index contributed by atoms with van der Waals surface area (Å²) in [6.07, 6.45) is 7.97. The van der Waals surface area contributed by atoms with E-state index in [4.69, 9.17) is 0 Å². The lowest BCUT2D eigenvalue weighted by Crippen LogP contribution is -2.47. The van der Waals surface area contributed by atoms with Crippen molar-refractivity contribution in [2.24, 2.45) is 10.9 Å². The van der Waals surface area contributed by atoms with Crippen LogP contribution in [0.3, 0.4) is 0 Å². The van der Waals surface area contributed by atoms with Crippen LogP contribution in [0.5, 0.6) is 0 Å². The molecule has 0 bridgehead atoms. The third kappa shape index (κ3) is 6.52. The molecule has 148 valence electrons. The fourth-order valence-electron chi connectivity index (χ4n) is 3.69. The quantitative estimate of drug-likeness (QED) is 0.391. The summed E-state index contributed by atoms with van der Waals surface area (Å²) in [5, 5.41) is 9.93. The van der Waals surface area contributed by atoms with E-state index in [9.17, 15) is 9.18 Å². The number of nitrogens with one attached hydrogen (secondary N) is 3. The van der Waals surface area contributed by atoms with Gasteiger partial charge in [-0.15, -0.1) is 0 Å². The number of aliphatic imine (C=N–C) groups is 1. The number of nitrogens with zero attached hydrogens (tertiary/aromatic N) is 1. The summed E-state index contributed by atoms with van der Waals surface area (Å²) in [5.41, 5.74) is 1.01. The second-order valence-electron chi connectivity index (χ2n) is 7.72. The zero-order chi connectivity index (χ0) is 19.1. The molecule has 2 atom stereocenters. The first kappa shape index (κ1) is 19.6. The Morgan fingerprint density at radius 3 is 2.78 bits per heavy atom. The number of amides is 1. The van der Waals surface area contributed by atoms with E-state index < -0.39 is 0 Å². The number of carbonyl (C=O) groups excluding carboxylic acids is 1. The highest BCUT2D eigenvalue weighted by Crippen LogP contribution is 2.26. The highest BCUT2D eigenvalue weighted by atomic mass is 19.1. The molecule has 6 heteroatoms. The van der Waals surface area contributed by atoms with Crippen LogP contribution in [-0.4, -0.2) is 37.5 Å². The molecular weight excluding hydrogens is 343 g/mol. The molecule has 0 radical (unpaired) electrons. The molecule has 5 nitrogen and oxygen atoms in total. The number of guanidine groups is 1. The van der Waals surface area contributed by atoms with E-state index in [1.54, 1.807) is 19.2 Å². The molecule has 27 heavy (non-hydrogen) atoms. The number of hydrogen-bond acceptors (Lipinski definition) is 2. The monoisotopic (exact) mass is 374 g/mol. The molecule has 3 N–H and O–H groups in total. The lowest BCUT2D eigenvalue weighted by atomic mass is 9.85. The van der Waals surface area contributed by atoms with Crippen molar-refractivity contribution in [2.45, 2.75) is 63.5 Å². The van der Waals surface area contributed by atoms with Crippen molar-refractivity contribution in [1.82, 2.24) is 16.0 Å². The number of benzene rings is 1. The van der Waals surface area contributed by atoms with E-state index in [0.29, 0.717) is 6.04 Å². The molecule has 2 saturated carbocycles. The Labute approximate surface area is 161 Å². The Kier molecular flexibility index (Phi) is 7.07. The van der Waals surface area contributed by atoms with Gasteiger partial charge in [0.1, 0.15) is 5.82 Å². The van der Waals surface area contributed by atoms with Crippen LogP contribution in [0, 0.1) is 11.7 Å². The Morgan fingerprint density at radius 1 is 1.19 bits per heavy atom. The molecular formula is C21H31FN4O. The Balaban J connectivity index is 1.38. The summed E-state index contributed by atoms with van der Waals surface area (Å²) in [4.78, 5) is 16.6. The van der Waals surface area contributed by atoms with Gasteiger partial charge >= 0.3 is 0 Å². The van der Waals surface area contributed by atoms with Gasteiger partial charge in [-0.05, 0) is 62.6 Å². The molecule has 2 unspecified atom stereocenters. The van der Waals surface area contributed by atoms with Crippen molar-refractivity contribution in [3.8, 4) is 0 Å². The van der Waals surface area contributed by atoms with Crippen molar-refractivity contribution in [1.29, 1.82) is 0 Å². The zero-order valence-electron chi connectivity index (χ0n) is 16.1. The highest BCUT2D eigenvalue weighted by Gasteiger charge is 2.31. The minimum Gasteiger partial charge on any atom is -0.356 e. The van der Waals surface area contributed by atoms with Crippen LogP contribution in [0.4, 0.5) is 4.39 Å². The Morgan fingerprint density at radius 2 is 2.04 bits per heavy atom. The van der Waals surface area contributed by atoms with E-state index >= 15 is 0 Å². The predicted molar refractivity (Wildman–Crippen MR) is 106 cm³/mol. The SMILES string of the molecule is CN=C(NCCCc1cccc(F)c1)NC1CCCC(C(=O)NC2CC2)C1. The number of rotatable bonds is 7. The molecule has 0 heterocycles. The number of hydrogen-bond donors (Lipinski definition) is 3. The molecule has 0 aliphatic heterocycles. The van der Waals surface area contributed by atoms with Crippen LogP contribution in [0.25, 0.3) is 0 Å². The molecule has 1 aromatic carbocycles. The average molecular weight is 375 g/mol. The molecule has 2 aliphatic rings. The zero-order valence-corrected chi connectivity index (χ0v) is 16.1. The van der Waals surface area contributed by atoms with E-state index in [-0.39, 0.29) is 23.7 Å². The fraction of sp³-hybridized carbons (Fsp3) is 0.619. The van der Waals surface area contributed by atoms with Gasteiger partial charge in [0.15, 0.2) is 5.96 Å². The number of aryl methyl sites for hydroxylation is 1. The van der Waals surface area contributed by atoms with Crippen molar-refractivity contribution >= 4 is 11.9 Å². The first-order chi connectivity index (χ1) is 13.1. The molecule has 0 saturated heterocycles. The molecule has 1 aromatic rings. The maximum absolute atomic E-state index is 13.2. The van der Waals surface area contributed by atoms with E-state index in [0.717, 1.165) is 69.4 Å². The first-order valence-electron chi connectivity index (χ1n) is 10.2. The summed E-state index contributed by atoms with van der Waals surface area (Å²) in [6, 6.07) is 7.46. The predicted octanol–water partition coefficient (Wildman–Crippen LogP) is 2.76. The Hall–Kier alpha value is -2.11. The van der Waals surface area contributed by atoms with Gasteiger partial charge in [-0.2, -0.15) is 0 Å². The minimum absolute atomic E-state index is 0.114. The van der Waals surface area contributed by atoms with Crippen LogP contribution in [-0.2, 0) is 11.2 Å². The van der Waals surface area contributed by atoms with Crippen LogP contribution < -0.4 is 16.0 Å². The number of halogens is 1. The maximum atomic E-state index is 13.2. The van der Waals surface area contributed by atoms with Gasteiger partial charge in [-0.25, -0.2) is 4.39 Å². The van der Waals surface area contributed by atoms with Crippen LogP contribution in [0.2, 0.25) is 0 Å². The normalized spacial score (nSPS) is 23.0. The molecule has 1 amide bonds. The van der Waals surface area contributed by atoms with Crippen molar-refractivity contribution in [3.63, 3.8) is 0 Å². The smallest absolute Gasteiger partial charge is 0.223 e. The van der Waals surface area contributed by atoms with E-state index in [1.807, 2.05) is 6.07 Å². The highest BCUT2D eigenvalue weighted by molar-refractivity contribution is 5.81. The Bertz CT molecular complexity index is 659. The summed E-state index contributed by atoms with van der Waals surface area (Å²) >= 11 is 0. The van der Waals surface area contributed by atoms with E-state index in [2.05, 4.69) is 20.9 Å². The van der Waals surface area contributed by atoms with Gasteiger partial charge in [0.05, 0.1) is 0 Å². The topological polar surface area (TPSA) is 65.5 Å².